The summed E-state index contributed by atoms with van der Waals surface area (Å²) in [6.07, 6.45) is 3.24. The van der Waals surface area contributed by atoms with Crippen LogP contribution in [-0.4, -0.2) is 23.2 Å². The van der Waals surface area contributed by atoms with E-state index in [2.05, 4.69) is 5.32 Å². The first-order valence-corrected chi connectivity index (χ1v) is 6.02. The first-order chi connectivity index (χ1) is 8.18. The van der Waals surface area contributed by atoms with Crippen LogP contribution in [0, 0.1) is 0 Å². The van der Waals surface area contributed by atoms with Crippen molar-refractivity contribution in [2.24, 2.45) is 0 Å². The van der Waals surface area contributed by atoms with E-state index in [1.165, 1.54) is 0 Å². The molecule has 1 saturated carbocycles. The van der Waals surface area contributed by atoms with Crippen molar-refractivity contribution in [3.63, 3.8) is 0 Å². The van der Waals surface area contributed by atoms with Crippen LogP contribution in [0.3, 0.4) is 0 Å². The van der Waals surface area contributed by atoms with Gasteiger partial charge in [0.2, 0.25) is 0 Å². The van der Waals surface area contributed by atoms with Crippen molar-refractivity contribution in [3.05, 3.63) is 29.8 Å². The SMILES string of the molecule is Nc1ccccc1C(=O)NC1CCCCC1O. The fourth-order valence-corrected chi connectivity index (χ4v) is 2.23. The van der Waals surface area contributed by atoms with Crippen LogP contribution in [0.4, 0.5) is 5.69 Å². The van der Waals surface area contributed by atoms with Crippen molar-refractivity contribution < 1.29 is 9.90 Å². The van der Waals surface area contributed by atoms with E-state index < -0.39 is 6.10 Å². The molecular formula is C13H18N2O2. The number of hydrogen-bond acceptors (Lipinski definition) is 3. The van der Waals surface area contributed by atoms with Gasteiger partial charge in [-0.2, -0.15) is 0 Å². The molecule has 1 aliphatic rings. The first kappa shape index (κ1) is 11.9. The summed E-state index contributed by atoms with van der Waals surface area (Å²) >= 11 is 0. The summed E-state index contributed by atoms with van der Waals surface area (Å²) < 4.78 is 0. The zero-order valence-electron chi connectivity index (χ0n) is 9.73. The highest BCUT2D eigenvalue weighted by Gasteiger charge is 2.25. The third-order valence-corrected chi connectivity index (χ3v) is 3.25. The van der Waals surface area contributed by atoms with Crippen molar-refractivity contribution >= 4 is 11.6 Å². The molecule has 92 valence electrons. The summed E-state index contributed by atoms with van der Waals surface area (Å²) in [6, 6.07) is 6.83. The molecule has 1 fully saturated rings. The average molecular weight is 234 g/mol. The van der Waals surface area contributed by atoms with E-state index >= 15 is 0 Å². The van der Waals surface area contributed by atoms with Gasteiger partial charge in [0.15, 0.2) is 0 Å². The van der Waals surface area contributed by atoms with Crippen LogP contribution >= 0.6 is 0 Å². The highest BCUT2D eigenvalue weighted by atomic mass is 16.3. The molecule has 17 heavy (non-hydrogen) atoms. The lowest BCUT2D eigenvalue weighted by atomic mass is 9.92. The predicted molar refractivity (Wildman–Crippen MR) is 66.6 cm³/mol. The summed E-state index contributed by atoms with van der Waals surface area (Å²) in [5.74, 6) is -0.200. The van der Waals surface area contributed by atoms with Gasteiger partial charge in [-0.25, -0.2) is 0 Å². The Morgan fingerprint density at radius 3 is 2.71 bits per heavy atom. The summed E-state index contributed by atoms with van der Waals surface area (Å²) in [5.41, 5.74) is 6.68. The Labute approximate surface area is 101 Å². The van der Waals surface area contributed by atoms with Gasteiger partial charge in [-0.05, 0) is 25.0 Å². The molecule has 2 atom stereocenters. The number of nitrogens with two attached hydrogens (primary N) is 1. The molecule has 0 radical (unpaired) electrons. The number of nitrogen functional groups attached to an aromatic ring is 1. The van der Waals surface area contributed by atoms with E-state index in [0.717, 1.165) is 25.7 Å². The monoisotopic (exact) mass is 234 g/mol. The number of benzene rings is 1. The second kappa shape index (κ2) is 5.19. The Morgan fingerprint density at radius 2 is 2.00 bits per heavy atom. The van der Waals surface area contributed by atoms with Gasteiger partial charge in [-0.15, -0.1) is 0 Å². The van der Waals surface area contributed by atoms with Gasteiger partial charge in [0.25, 0.3) is 5.91 Å². The minimum Gasteiger partial charge on any atom is -0.398 e. The van der Waals surface area contributed by atoms with Crippen molar-refractivity contribution in [1.82, 2.24) is 5.32 Å². The van der Waals surface area contributed by atoms with Gasteiger partial charge in [0, 0.05) is 5.69 Å². The number of aliphatic hydroxyl groups is 1. The maximum absolute atomic E-state index is 12.0. The summed E-state index contributed by atoms with van der Waals surface area (Å²) in [5, 5.41) is 12.6. The highest BCUT2D eigenvalue weighted by Crippen LogP contribution is 2.19. The first-order valence-electron chi connectivity index (χ1n) is 6.02. The lowest BCUT2D eigenvalue weighted by molar-refractivity contribution is 0.0718. The van der Waals surface area contributed by atoms with Gasteiger partial charge in [-0.1, -0.05) is 25.0 Å². The number of para-hydroxylation sites is 1. The standard InChI is InChI=1S/C13H18N2O2/c14-10-6-2-1-5-9(10)13(17)15-11-7-3-4-8-12(11)16/h1-2,5-6,11-12,16H,3-4,7-8,14H2,(H,15,17). The van der Waals surface area contributed by atoms with E-state index in [1.807, 2.05) is 0 Å². The number of nitrogens with one attached hydrogen (secondary N) is 1. The lowest BCUT2D eigenvalue weighted by Crippen LogP contribution is -2.45. The second-order valence-electron chi connectivity index (χ2n) is 4.52. The minimum atomic E-state index is -0.433. The molecule has 1 aromatic carbocycles. The summed E-state index contributed by atoms with van der Waals surface area (Å²) in [6.45, 7) is 0. The molecule has 0 spiro atoms. The predicted octanol–water partition coefficient (Wildman–Crippen LogP) is 1.30. The summed E-state index contributed by atoms with van der Waals surface area (Å²) in [7, 11) is 0. The third-order valence-electron chi connectivity index (χ3n) is 3.25. The fourth-order valence-electron chi connectivity index (χ4n) is 2.23. The largest absolute Gasteiger partial charge is 0.398 e. The molecule has 1 aliphatic carbocycles. The Morgan fingerprint density at radius 1 is 1.29 bits per heavy atom. The van der Waals surface area contributed by atoms with Gasteiger partial charge in [-0.3, -0.25) is 4.79 Å². The van der Waals surface area contributed by atoms with Gasteiger partial charge >= 0.3 is 0 Å². The molecule has 0 bridgehead atoms. The van der Waals surface area contributed by atoms with Crippen LogP contribution in [0.5, 0.6) is 0 Å². The Bertz CT molecular complexity index is 406. The van der Waals surface area contributed by atoms with Gasteiger partial charge in [0.1, 0.15) is 0 Å². The number of aliphatic hydroxyl groups excluding tert-OH is 1. The Hall–Kier alpha value is -1.55. The van der Waals surface area contributed by atoms with E-state index in [9.17, 15) is 9.90 Å². The molecule has 0 aromatic heterocycles. The lowest BCUT2D eigenvalue weighted by Gasteiger charge is -2.28. The van der Waals surface area contributed by atoms with Gasteiger partial charge in [0.05, 0.1) is 17.7 Å². The van der Waals surface area contributed by atoms with Gasteiger partial charge < -0.3 is 16.2 Å². The zero-order valence-corrected chi connectivity index (χ0v) is 9.73. The topological polar surface area (TPSA) is 75.4 Å². The Balaban J connectivity index is 2.04. The molecule has 4 N–H and O–H groups in total. The van der Waals surface area contributed by atoms with Crippen LogP contribution in [-0.2, 0) is 0 Å². The molecule has 2 unspecified atom stereocenters. The molecule has 2 rings (SSSR count). The molecule has 0 heterocycles. The highest BCUT2D eigenvalue weighted by molar-refractivity contribution is 5.99. The fraction of sp³-hybridized carbons (Fsp3) is 0.462. The van der Waals surface area contributed by atoms with Crippen molar-refractivity contribution in [2.75, 3.05) is 5.73 Å². The second-order valence-corrected chi connectivity index (χ2v) is 4.52. The quantitative estimate of drug-likeness (QED) is 0.675. The van der Waals surface area contributed by atoms with Crippen LogP contribution in [0.25, 0.3) is 0 Å². The molecule has 1 aromatic rings. The van der Waals surface area contributed by atoms with Crippen LogP contribution in [0.1, 0.15) is 36.0 Å². The van der Waals surface area contributed by atoms with Crippen molar-refractivity contribution in [1.29, 1.82) is 0 Å². The molecule has 4 nitrogen and oxygen atoms in total. The number of rotatable bonds is 2. The van der Waals surface area contributed by atoms with Crippen LogP contribution in [0.15, 0.2) is 24.3 Å². The van der Waals surface area contributed by atoms with Crippen molar-refractivity contribution in [2.45, 2.75) is 37.8 Å². The maximum atomic E-state index is 12.0. The maximum Gasteiger partial charge on any atom is 0.253 e. The van der Waals surface area contributed by atoms with E-state index in [-0.39, 0.29) is 11.9 Å². The van der Waals surface area contributed by atoms with Crippen LogP contribution in [0.2, 0.25) is 0 Å². The molecular weight excluding hydrogens is 216 g/mol. The third kappa shape index (κ3) is 2.77. The minimum absolute atomic E-state index is 0.143. The number of amides is 1. The number of carbonyl (C=O) groups excluding carboxylic acids is 1. The number of anilines is 1. The smallest absolute Gasteiger partial charge is 0.253 e. The molecule has 0 aliphatic heterocycles. The molecule has 0 saturated heterocycles. The molecule has 4 heteroatoms. The van der Waals surface area contributed by atoms with Crippen LogP contribution < -0.4 is 11.1 Å². The Kier molecular flexibility index (Phi) is 3.64. The number of hydrogen-bond donors (Lipinski definition) is 3. The average Bonchev–Trinajstić information content (AvgIpc) is 2.32. The molecule has 1 amide bonds. The van der Waals surface area contributed by atoms with Crippen molar-refractivity contribution in [3.8, 4) is 0 Å². The normalized spacial score (nSPS) is 24.3. The van der Waals surface area contributed by atoms with E-state index in [4.69, 9.17) is 5.73 Å². The van der Waals surface area contributed by atoms with E-state index in [1.54, 1.807) is 24.3 Å². The number of carbonyl (C=O) groups is 1. The zero-order chi connectivity index (χ0) is 12.3. The summed E-state index contributed by atoms with van der Waals surface area (Å²) in [4.78, 5) is 12.0. The van der Waals surface area contributed by atoms with E-state index in [0.29, 0.717) is 11.3 Å².